The molecule has 0 unspecified atom stereocenters. The number of aromatic nitrogens is 1. The van der Waals surface area contributed by atoms with E-state index in [0.717, 1.165) is 0 Å². The Morgan fingerprint density at radius 2 is 2.40 bits per heavy atom. The van der Waals surface area contributed by atoms with Crippen molar-refractivity contribution >= 4 is 11.6 Å². The normalized spacial score (nSPS) is 9.33. The van der Waals surface area contributed by atoms with Gasteiger partial charge in [-0.15, -0.1) is 6.42 Å². The lowest BCUT2D eigenvalue weighted by molar-refractivity contribution is 0.0779. The van der Waals surface area contributed by atoms with Crippen LogP contribution in [0.1, 0.15) is 17.4 Å². The number of carbonyl (C=O) groups excluding carboxylic acids is 1. The third-order valence-electron chi connectivity index (χ3n) is 1.96. The number of nitrogen functional groups attached to an aromatic ring is 1. The number of carbonyl (C=O) groups is 1. The van der Waals surface area contributed by atoms with E-state index < -0.39 is 0 Å². The largest absolute Gasteiger partial charge is 0.397 e. The van der Waals surface area contributed by atoms with Crippen LogP contribution in [0.25, 0.3) is 0 Å². The zero-order chi connectivity index (χ0) is 11.3. The Balaban J connectivity index is 2.84. The molecule has 0 fully saturated rings. The van der Waals surface area contributed by atoms with Crippen molar-refractivity contribution in [3.05, 3.63) is 24.0 Å². The molecule has 1 amide bonds. The van der Waals surface area contributed by atoms with Gasteiger partial charge in [-0.2, -0.15) is 0 Å². The molecule has 4 heteroatoms. The van der Waals surface area contributed by atoms with Crippen LogP contribution in [0.15, 0.2) is 18.3 Å². The van der Waals surface area contributed by atoms with Crippen LogP contribution in [-0.2, 0) is 0 Å². The highest BCUT2D eigenvalue weighted by Crippen LogP contribution is 2.04. The Hall–Kier alpha value is -2.02. The second-order valence-corrected chi connectivity index (χ2v) is 3.00. The van der Waals surface area contributed by atoms with Crippen LogP contribution in [0.2, 0.25) is 0 Å². The van der Waals surface area contributed by atoms with E-state index in [-0.39, 0.29) is 5.91 Å². The molecule has 1 aromatic rings. The van der Waals surface area contributed by atoms with Crippen molar-refractivity contribution in [1.82, 2.24) is 9.88 Å². The fourth-order valence-electron chi connectivity index (χ4n) is 1.13. The van der Waals surface area contributed by atoms with Gasteiger partial charge in [0.2, 0.25) is 0 Å². The SMILES string of the molecule is C#CCN(CC)C(=O)c1ccc(N)cn1. The predicted octanol–water partition coefficient (Wildman–Crippen LogP) is 0.759. The van der Waals surface area contributed by atoms with E-state index in [1.807, 2.05) is 6.92 Å². The number of pyridine rings is 1. The summed E-state index contributed by atoms with van der Waals surface area (Å²) in [6, 6.07) is 3.24. The average Bonchev–Trinajstić information content (AvgIpc) is 2.26. The van der Waals surface area contributed by atoms with Gasteiger partial charge >= 0.3 is 0 Å². The van der Waals surface area contributed by atoms with Gasteiger partial charge in [0, 0.05) is 6.54 Å². The van der Waals surface area contributed by atoms with Crippen molar-refractivity contribution in [3.63, 3.8) is 0 Å². The van der Waals surface area contributed by atoms with Crippen molar-refractivity contribution in [3.8, 4) is 12.3 Å². The topological polar surface area (TPSA) is 59.2 Å². The molecule has 0 bridgehead atoms. The molecule has 1 rings (SSSR count). The lowest BCUT2D eigenvalue weighted by atomic mass is 10.3. The molecule has 0 aliphatic carbocycles. The summed E-state index contributed by atoms with van der Waals surface area (Å²) in [5.41, 5.74) is 6.37. The summed E-state index contributed by atoms with van der Waals surface area (Å²) in [5.74, 6) is 2.26. The first-order valence-corrected chi connectivity index (χ1v) is 4.63. The molecule has 0 aliphatic rings. The van der Waals surface area contributed by atoms with Crippen molar-refractivity contribution in [2.75, 3.05) is 18.8 Å². The minimum atomic E-state index is -0.171. The van der Waals surface area contributed by atoms with Gasteiger partial charge in [0.05, 0.1) is 18.4 Å². The number of nitrogens with two attached hydrogens (primary N) is 1. The van der Waals surface area contributed by atoms with Gasteiger partial charge in [0.15, 0.2) is 0 Å². The molecule has 4 nitrogen and oxygen atoms in total. The molecular formula is C11H13N3O. The zero-order valence-electron chi connectivity index (χ0n) is 8.60. The Bertz CT molecular complexity index is 378. The molecule has 15 heavy (non-hydrogen) atoms. The van der Waals surface area contributed by atoms with Crippen LogP contribution in [0, 0.1) is 12.3 Å². The molecule has 0 aliphatic heterocycles. The first-order chi connectivity index (χ1) is 7.19. The maximum Gasteiger partial charge on any atom is 0.273 e. The molecule has 0 aromatic carbocycles. The Kier molecular flexibility index (Phi) is 3.69. The zero-order valence-corrected chi connectivity index (χ0v) is 8.60. The predicted molar refractivity (Wildman–Crippen MR) is 59.1 cm³/mol. The fourth-order valence-corrected chi connectivity index (χ4v) is 1.13. The molecule has 0 atom stereocenters. The highest BCUT2D eigenvalue weighted by Gasteiger charge is 2.13. The van der Waals surface area contributed by atoms with Gasteiger partial charge in [-0.25, -0.2) is 4.98 Å². The molecule has 0 saturated carbocycles. The van der Waals surface area contributed by atoms with Crippen LogP contribution in [0.4, 0.5) is 5.69 Å². The van der Waals surface area contributed by atoms with Crippen molar-refractivity contribution in [2.24, 2.45) is 0 Å². The number of amides is 1. The lowest BCUT2D eigenvalue weighted by Crippen LogP contribution is -2.31. The Labute approximate surface area is 89.1 Å². The summed E-state index contributed by atoms with van der Waals surface area (Å²) in [6.07, 6.45) is 6.62. The van der Waals surface area contributed by atoms with E-state index in [1.54, 1.807) is 17.0 Å². The van der Waals surface area contributed by atoms with E-state index in [9.17, 15) is 4.79 Å². The first kappa shape index (κ1) is 11.1. The minimum absolute atomic E-state index is 0.171. The average molecular weight is 203 g/mol. The van der Waals surface area contributed by atoms with Crippen molar-refractivity contribution < 1.29 is 4.79 Å². The summed E-state index contributed by atoms with van der Waals surface area (Å²) in [5, 5.41) is 0. The number of hydrogen-bond donors (Lipinski definition) is 1. The number of rotatable bonds is 3. The number of nitrogens with zero attached hydrogens (tertiary/aromatic N) is 2. The quantitative estimate of drug-likeness (QED) is 0.738. The summed E-state index contributed by atoms with van der Waals surface area (Å²) in [4.78, 5) is 17.3. The van der Waals surface area contributed by atoms with E-state index in [1.165, 1.54) is 6.20 Å². The first-order valence-electron chi connectivity index (χ1n) is 4.63. The second kappa shape index (κ2) is 5.01. The van der Waals surface area contributed by atoms with E-state index in [0.29, 0.717) is 24.5 Å². The number of terminal acetylenes is 1. The van der Waals surface area contributed by atoms with E-state index in [2.05, 4.69) is 10.9 Å². The van der Waals surface area contributed by atoms with Gasteiger partial charge < -0.3 is 10.6 Å². The molecule has 2 N–H and O–H groups in total. The van der Waals surface area contributed by atoms with Gasteiger partial charge in [0.1, 0.15) is 5.69 Å². The minimum Gasteiger partial charge on any atom is -0.397 e. The fraction of sp³-hybridized carbons (Fsp3) is 0.273. The molecule has 1 heterocycles. The van der Waals surface area contributed by atoms with Gasteiger partial charge in [-0.1, -0.05) is 5.92 Å². The molecule has 0 spiro atoms. The lowest BCUT2D eigenvalue weighted by Gasteiger charge is -2.17. The van der Waals surface area contributed by atoms with Gasteiger partial charge in [0.25, 0.3) is 5.91 Å². The second-order valence-electron chi connectivity index (χ2n) is 3.00. The number of hydrogen-bond acceptors (Lipinski definition) is 3. The third kappa shape index (κ3) is 2.71. The molecule has 0 saturated heterocycles. The van der Waals surface area contributed by atoms with Crippen LogP contribution >= 0.6 is 0 Å². The monoisotopic (exact) mass is 203 g/mol. The third-order valence-corrected chi connectivity index (χ3v) is 1.96. The highest BCUT2D eigenvalue weighted by atomic mass is 16.2. The van der Waals surface area contributed by atoms with Crippen LogP contribution < -0.4 is 5.73 Å². The van der Waals surface area contributed by atoms with E-state index >= 15 is 0 Å². The maximum atomic E-state index is 11.8. The molecule has 1 aromatic heterocycles. The molecule has 78 valence electrons. The summed E-state index contributed by atoms with van der Waals surface area (Å²) in [6.45, 7) is 2.73. The Morgan fingerprint density at radius 1 is 1.67 bits per heavy atom. The standard InChI is InChI=1S/C11H13N3O/c1-3-7-14(4-2)11(15)10-6-5-9(12)8-13-10/h1,5-6,8H,4,7,12H2,2H3. The summed E-state index contributed by atoms with van der Waals surface area (Å²) >= 11 is 0. The molecule has 0 radical (unpaired) electrons. The van der Waals surface area contributed by atoms with Gasteiger partial charge in [-0.05, 0) is 19.1 Å². The van der Waals surface area contributed by atoms with Crippen molar-refractivity contribution in [2.45, 2.75) is 6.92 Å². The van der Waals surface area contributed by atoms with Crippen LogP contribution in [0.5, 0.6) is 0 Å². The molecular weight excluding hydrogens is 190 g/mol. The maximum absolute atomic E-state index is 11.8. The summed E-state index contributed by atoms with van der Waals surface area (Å²) in [7, 11) is 0. The smallest absolute Gasteiger partial charge is 0.273 e. The van der Waals surface area contributed by atoms with Crippen molar-refractivity contribution in [1.29, 1.82) is 0 Å². The highest BCUT2D eigenvalue weighted by molar-refractivity contribution is 5.92. The number of anilines is 1. The van der Waals surface area contributed by atoms with E-state index in [4.69, 9.17) is 12.2 Å². The summed E-state index contributed by atoms with van der Waals surface area (Å²) < 4.78 is 0. The van der Waals surface area contributed by atoms with Gasteiger partial charge in [-0.3, -0.25) is 4.79 Å². The van der Waals surface area contributed by atoms with Crippen LogP contribution in [0.3, 0.4) is 0 Å². The van der Waals surface area contributed by atoms with Crippen LogP contribution in [-0.4, -0.2) is 28.9 Å². The Morgan fingerprint density at radius 3 is 2.87 bits per heavy atom.